The van der Waals surface area contributed by atoms with E-state index in [9.17, 15) is 8.42 Å². The molecule has 0 aliphatic heterocycles. The number of benzene rings is 1. The van der Waals surface area contributed by atoms with Gasteiger partial charge < -0.3 is 5.11 Å². The third-order valence-corrected chi connectivity index (χ3v) is 6.52. The summed E-state index contributed by atoms with van der Waals surface area (Å²) >= 11 is 1.40. The number of rotatable bonds is 6. The summed E-state index contributed by atoms with van der Waals surface area (Å²) < 4.78 is 27.9. The first-order valence-corrected chi connectivity index (χ1v) is 10.00. The number of aromatic nitrogens is 2. The van der Waals surface area contributed by atoms with Crippen LogP contribution in [0.2, 0.25) is 0 Å². The highest BCUT2D eigenvalue weighted by atomic mass is 32.2. The number of aliphatic hydroxyl groups excluding tert-OH is 1. The van der Waals surface area contributed by atoms with Gasteiger partial charge in [-0.25, -0.2) is 13.1 Å². The lowest BCUT2D eigenvalue weighted by Gasteiger charge is -2.07. The zero-order valence-corrected chi connectivity index (χ0v) is 15.5. The fourth-order valence-electron chi connectivity index (χ4n) is 2.42. The summed E-state index contributed by atoms with van der Waals surface area (Å²) in [5.74, 6) is 0. The molecule has 3 N–H and O–H groups in total. The Morgan fingerprint density at radius 3 is 2.44 bits per heavy atom. The Bertz CT molecular complexity index is 973. The highest BCUT2D eigenvalue weighted by molar-refractivity contribution is 7.89. The van der Waals surface area contributed by atoms with Crippen molar-refractivity contribution in [2.75, 3.05) is 0 Å². The fourth-order valence-corrected chi connectivity index (χ4v) is 4.99. The van der Waals surface area contributed by atoms with Crippen molar-refractivity contribution in [3.05, 3.63) is 58.1 Å². The van der Waals surface area contributed by atoms with Crippen molar-refractivity contribution >= 4 is 21.4 Å². The van der Waals surface area contributed by atoms with E-state index in [1.165, 1.54) is 11.3 Å². The number of nitrogens with one attached hydrogen (secondary N) is 2. The van der Waals surface area contributed by atoms with Crippen molar-refractivity contribution < 1.29 is 13.5 Å². The highest BCUT2D eigenvalue weighted by Crippen LogP contribution is 2.32. The number of hydrogen-bond acceptors (Lipinski definition) is 5. The fraction of sp³-hybridized carbons (Fsp3) is 0.235. The zero-order chi connectivity index (χ0) is 18.0. The van der Waals surface area contributed by atoms with Crippen molar-refractivity contribution in [1.82, 2.24) is 14.9 Å². The highest BCUT2D eigenvalue weighted by Gasteiger charge is 2.21. The predicted molar refractivity (Wildman–Crippen MR) is 97.8 cm³/mol. The van der Waals surface area contributed by atoms with Gasteiger partial charge in [0.25, 0.3) is 0 Å². The summed E-state index contributed by atoms with van der Waals surface area (Å²) in [4.78, 5) is 1.81. The first-order chi connectivity index (χ1) is 11.9. The monoisotopic (exact) mass is 377 g/mol. The molecule has 0 amide bonds. The molecule has 3 aromatic rings. The maximum atomic E-state index is 12.6. The van der Waals surface area contributed by atoms with Crippen LogP contribution in [-0.4, -0.2) is 23.7 Å². The van der Waals surface area contributed by atoms with Crippen molar-refractivity contribution in [1.29, 1.82) is 0 Å². The summed E-state index contributed by atoms with van der Waals surface area (Å²) in [5, 5.41) is 16.1. The average molecular weight is 377 g/mol. The van der Waals surface area contributed by atoms with Crippen molar-refractivity contribution in [3.63, 3.8) is 0 Å². The Hall–Kier alpha value is -2.00. The van der Waals surface area contributed by atoms with E-state index in [1.54, 1.807) is 37.3 Å². The van der Waals surface area contributed by atoms with Crippen LogP contribution in [0.1, 0.15) is 21.7 Å². The number of nitrogens with zero attached hydrogens (tertiary/aromatic N) is 1. The van der Waals surface area contributed by atoms with Crippen LogP contribution >= 0.6 is 11.3 Å². The molecule has 0 spiro atoms. The molecule has 0 aliphatic rings. The summed E-state index contributed by atoms with van der Waals surface area (Å²) in [6.07, 6.45) is 0. The van der Waals surface area contributed by atoms with Gasteiger partial charge in [0.1, 0.15) is 5.69 Å². The van der Waals surface area contributed by atoms with Crippen molar-refractivity contribution in [2.45, 2.75) is 31.9 Å². The van der Waals surface area contributed by atoms with Gasteiger partial charge in [-0.05, 0) is 37.1 Å². The van der Waals surface area contributed by atoms with E-state index < -0.39 is 10.0 Å². The van der Waals surface area contributed by atoms with Gasteiger partial charge in [0.2, 0.25) is 10.0 Å². The van der Waals surface area contributed by atoms with Gasteiger partial charge in [-0.1, -0.05) is 24.3 Å². The second kappa shape index (κ2) is 7.09. The Kier molecular flexibility index (Phi) is 5.05. The van der Waals surface area contributed by atoms with Crippen LogP contribution in [0.15, 0.2) is 41.3 Å². The predicted octanol–water partition coefficient (Wildman–Crippen LogP) is 2.73. The summed E-state index contributed by atoms with van der Waals surface area (Å²) in [7, 11) is -3.61. The third kappa shape index (κ3) is 3.98. The van der Waals surface area contributed by atoms with Gasteiger partial charge in [-0.15, -0.1) is 11.3 Å². The van der Waals surface area contributed by atoms with Crippen molar-refractivity contribution in [3.8, 4) is 10.6 Å². The van der Waals surface area contributed by atoms with Gasteiger partial charge in [0.15, 0.2) is 0 Å². The van der Waals surface area contributed by atoms with Crippen LogP contribution in [0.5, 0.6) is 0 Å². The van der Waals surface area contributed by atoms with Crippen LogP contribution < -0.4 is 4.72 Å². The molecule has 6 nitrogen and oxygen atoms in total. The molecule has 2 aromatic heterocycles. The Labute approximate surface area is 150 Å². The van der Waals surface area contributed by atoms with E-state index >= 15 is 0 Å². The standard InChI is InChI=1S/C17H19N3O3S2/c1-11-7-15(20-19-11)16-8-17(12(2)24-16)25(22,23)18-9-13-3-5-14(10-21)6-4-13/h3-8,18,21H,9-10H2,1-2H3,(H,19,20). The Balaban J connectivity index is 1.78. The second-order valence-electron chi connectivity index (χ2n) is 5.77. The molecule has 3 rings (SSSR count). The minimum absolute atomic E-state index is 0.0322. The number of aryl methyl sites for hydroxylation is 2. The molecule has 8 heteroatoms. The van der Waals surface area contributed by atoms with E-state index in [1.807, 2.05) is 13.0 Å². The zero-order valence-electron chi connectivity index (χ0n) is 13.9. The first-order valence-electron chi connectivity index (χ1n) is 7.70. The molecule has 0 bridgehead atoms. The van der Waals surface area contributed by atoms with E-state index in [0.29, 0.717) is 0 Å². The van der Waals surface area contributed by atoms with Crippen molar-refractivity contribution in [2.24, 2.45) is 0 Å². The molecular weight excluding hydrogens is 358 g/mol. The molecule has 2 heterocycles. The molecular formula is C17H19N3O3S2. The molecule has 0 saturated heterocycles. The maximum Gasteiger partial charge on any atom is 0.241 e. The van der Waals surface area contributed by atoms with Crippen LogP contribution in [0, 0.1) is 13.8 Å². The van der Waals surface area contributed by atoms with Gasteiger partial charge in [0.05, 0.1) is 16.4 Å². The van der Waals surface area contributed by atoms with E-state index in [-0.39, 0.29) is 18.0 Å². The largest absolute Gasteiger partial charge is 0.392 e. The summed E-state index contributed by atoms with van der Waals surface area (Å²) in [6, 6.07) is 10.7. The number of aliphatic hydroxyl groups is 1. The van der Waals surface area contributed by atoms with Gasteiger partial charge in [-0.2, -0.15) is 5.10 Å². The van der Waals surface area contributed by atoms with Crippen LogP contribution in [0.4, 0.5) is 0 Å². The molecule has 0 saturated carbocycles. The first kappa shape index (κ1) is 17.8. The van der Waals surface area contributed by atoms with Gasteiger partial charge in [0, 0.05) is 17.1 Å². The minimum atomic E-state index is -3.61. The quantitative estimate of drug-likeness (QED) is 0.615. The van der Waals surface area contributed by atoms with Gasteiger partial charge in [-0.3, -0.25) is 5.10 Å². The third-order valence-electron chi connectivity index (χ3n) is 3.79. The molecule has 0 unspecified atom stereocenters. The smallest absolute Gasteiger partial charge is 0.241 e. The summed E-state index contributed by atoms with van der Waals surface area (Å²) in [6.45, 7) is 3.85. The molecule has 1 aromatic carbocycles. The Morgan fingerprint density at radius 1 is 1.16 bits per heavy atom. The molecule has 0 aliphatic carbocycles. The molecule has 0 radical (unpaired) electrons. The molecule has 0 atom stereocenters. The Morgan fingerprint density at radius 2 is 1.84 bits per heavy atom. The topological polar surface area (TPSA) is 95.1 Å². The second-order valence-corrected chi connectivity index (χ2v) is 8.76. The minimum Gasteiger partial charge on any atom is -0.392 e. The van der Waals surface area contributed by atoms with Gasteiger partial charge >= 0.3 is 0 Å². The van der Waals surface area contributed by atoms with Crippen LogP contribution in [-0.2, 0) is 23.2 Å². The molecule has 0 fully saturated rings. The number of thiophene rings is 1. The molecule has 132 valence electrons. The number of aromatic amines is 1. The van der Waals surface area contributed by atoms with E-state index in [4.69, 9.17) is 5.11 Å². The lowest BCUT2D eigenvalue weighted by Crippen LogP contribution is -2.23. The van der Waals surface area contributed by atoms with E-state index in [0.717, 1.165) is 32.3 Å². The number of hydrogen-bond donors (Lipinski definition) is 3. The van der Waals surface area contributed by atoms with Crippen LogP contribution in [0.25, 0.3) is 10.6 Å². The lowest BCUT2D eigenvalue weighted by molar-refractivity contribution is 0.282. The number of H-pyrrole nitrogens is 1. The van der Waals surface area contributed by atoms with Crippen LogP contribution in [0.3, 0.4) is 0 Å². The maximum absolute atomic E-state index is 12.6. The normalized spacial score (nSPS) is 11.8. The SMILES string of the molecule is Cc1cc(-c2cc(S(=O)(=O)NCc3ccc(CO)cc3)c(C)s2)n[nH]1. The number of sulfonamides is 1. The average Bonchev–Trinajstić information content (AvgIpc) is 3.19. The summed E-state index contributed by atoms with van der Waals surface area (Å²) in [5.41, 5.74) is 3.29. The lowest BCUT2D eigenvalue weighted by atomic mass is 10.1. The molecule has 25 heavy (non-hydrogen) atoms. The van der Waals surface area contributed by atoms with E-state index in [2.05, 4.69) is 14.9 Å².